The number of likely N-dealkylation sites (tertiary alicyclic amines) is 1. The molecule has 0 bridgehead atoms. The number of nitrogens with zero attached hydrogens (tertiary/aromatic N) is 3. The summed E-state index contributed by atoms with van der Waals surface area (Å²) in [6.45, 7) is 8.41. The van der Waals surface area contributed by atoms with Crippen molar-refractivity contribution in [1.82, 2.24) is 14.9 Å². The fourth-order valence-corrected chi connectivity index (χ4v) is 2.44. The van der Waals surface area contributed by atoms with E-state index in [2.05, 4.69) is 39.5 Å². The number of rotatable bonds is 6. The van der Waals surface area contributed by atoms with E-state index in [4.69, 9.17) is 0 Å². The number of anilines is 2. The first kappa shape index (κ1) is 14.1. The van der Waals surface area contributed by atoms with Gasteiger partial charge in [0.1, 0.15) is 17.5 Å². The molecule has 1 saturated heterocycles. The lowest BCUT2D eigenvalue weighted by Crippen LogP contribution is -2.19. The van der Waals surface area contributed by atoms with E-state index in [9.17, 15) is 0 Å². The Morgan fingerprint density at radius 3 is 2.68 bits per heavy atom. The quantitative estimate of drug-likeness (QED) is 0.822. The Morgan fingerprint density at radius 2 is 2.05 bits per heavy atom. The van der Waals surface area contributed by atoms with E-state index >= 15 is 0 Å². The topological polar surface area (TPSA) is 53.1 Å². The van der Waals surface area contributed by atoms with Crippen LogP contribution in [0.1, 0.15) is 25.6 Å². The standard InChI is InChI=1S/C14H25N5/c1-4-6-15-13-8-14(18-11(2)17-13)16-9-12-5-7-19(3)10-12/h8,12H,4-7,9-10H2,1-3H3,(H2,15,16,17,18). The molecule has 0 amide bonds. The van der Waals surface area contributed by atoms with Gasteiger partial charge in [-0.15, -0.1) is 0 Å². The summed E-state index contributed by atoms with van der Waals surface area (Å²) in [5, 5.41) is 6.76. The summed E-state index contributed by atoms with van der Waals surface area (Å²) in [7, 11) is 2.18. The monoisotopic (exact) mass is 263 g/mol. The second kappa shape index (κ2) is 6.70. The van der Waals surface area contributed by atoms with E-state index < -0.39 is 0 Å². The number of aryl methyl sites for hydroxylation is 1. The first-order chi connectivity index (χ1) is 9.17. The van der Waals surface area contributed by atoms with Crippen LogP contribution < -0.4 is 10.6 Å². The molecule has 1 fully saturated rings. The first-order valence-corrected chi connectivity index (χ1v) is 7.19. The van der Waals surface area contributed by atoms with Gasteiger partial charge >= 0.3 is 0 Å². The van der Waals surface area contributed by atoms with Crippen molar-refractivity contribution in [2.24, 2.45) is 5.92 Å². The molecule has 1 atom stereocenters. The molecule has 1 aliphatic rings. The predicted molar refractivity (Wildman–Crippen MR) is 79.6 cm³/mol. The minimum Gasteiger partial charge on any atom is -0.370 e. The maximum absolute atomic E-state index is 4.45. The van der Waals surface area contributed by atoms with Crippen molar-refractivity contribution in [3.63, 3.8) is 0 Å². The highest BCUT2D eigenvalue weighted by atomic mass is 15.1. The van der Waals surface area contributed by atoms with Crippen LogP contribution in [0.4, 0.5) is 11.6 Å². The van der Waals surface area contributed by atoms with Gasteiger partial charge in [-0.25, -0.2) is 9.97 Å². The minimum absolute atomic E-state index is 0.729. The number of aromatic nitrogens is 2. The van der Waals surface area contributed by atoms with Gasteiger partial charge < -0.3 is 15.5 Å². The van der Waals surface area contributed by atoms with Crippen molar-refractivity contribution in [3.8, 4) is 0 Å². The molecule has 2 heterocycles. The smallest absolute Gasteiger partial charge is 0.131 e. The molecule has 1 unspecified atom stereocenters. The van der Waals surface area contributed by atoms with Crippen LogP contribution in [0.2, 0.25) is 0 Å². The summed E-state index contributed by atoms with van der Waals surface area (Å²) in [5.74, 6) is 3.39. The maximum Gasteiger partial charge on any atom is 0.131 e. The third-order valence-electron chi connectivity index (χ3n) is 3.45. The van der Waals surface area contributed by atoms with Crippen LogP contribution in [0.3, 0.4) is 0 Å². The van der Waals surface area contributed by atoms with E-state index in [0.717, 1.165) is 42.9 Å². The Kier molecular flexibility index (Phi) is 4.96. The summed E-state index contributed by atoms with van der Waals surface area (Å²) in [6.07, 6.45) is 2.37. The zero-order valence-corrected chi connectivity index (χ0v) is 12.2. The van der Waals surface area contributed by atoms with Gasteiger partial charge in [-0.05, 0) is 39.3 Å². The van der Waals surface area contributed by atoms with Crippen LogP contribution in [-0.2, 0) is 0 Å². The Hall–Kier alpha value is -1.36. The summed E-state index contributed by atoms with van der Waals surface area (Å²) in [6, 6.07) is 2.00. The zero-order valence-electron chi connectivity index (χ0n) is 12.2. The van der Waals surface area contributed by atoms with Gasteiger partial charge in [0.2, 0.25) is 0 Å². The highest BCUT2D eigenvalue weighted by Gasteiger charge is 2.19. The van der Waals surface area contributed by atoms with Gasteiger partial charge in [0.25, 0.3) is 0 Å². The van der Waals surface area contributed by atoms with Crippen LogP contribution in [0.15, 0.2) is 6.07 Å². The second-order valence-corrected chi connectivity index (χ2v) is 5.41. The molecule has 5 nitrogen and oxygen atoms in total. The largest absolute Gasteiger partial charge is 0.370 e. The van der Waals surface area contributed by atoms with Crippen molar-refractivity contribution in [2.45, 2.75) is 26.7 Å². The lowest BCUT2D eigenvalue weighted by atomic mass is 10.1. The summed E-state index contributed by atoms with van der Waals surface area (Å²) in [4.78, 5) is 11.2. The molecule has 0 aromatic carbocycles. The highest BCUT2D eigenvalue weighted by molar-refractivity contribution is 5.47. The molecule has 0 aliphatic carbocycles. The molecule has 0 saturated carbocycles. The van der Waals surface area contributed by atoms with Crippen molar-refractivity contribution < 1.29 is 0 Å². The van der Waals surface area contributed by atoms with Gasteiger partial charge in [0, 0.05) is 25.7 Å². The van der Waals surface area contributed by atoms with Crippen LogP contribution in [-0.4, -0.2) is 48.1 Å². The second-order valence-electron chi connectivity index (χ2n) is 5.41. The molecule has 0 spiro atoms. The average Bonchev–Trinajstić information content (AvgIpc) is 2.79. The molecule has 1 aromatic heterocycles. The van der Waals surface area contributed by atoms with Crippen LogP contribution in [0, 0.1) is 12.8 Å². The normalized spacial score (nSPS) is 19.6. The van der Waals surface area contributed by atoms with Gasteiger partial charge in [-0.2, -0.15) is 0 Å². The number of nitrogens with one attached hydrogen (secondary N) is 2. The van der Waals surface area contributed by atoms with Crippen molar-refractivity contribution in [1.29, 1.82) is 0 Å². The minimum atomic E-state index is 0.729. The SMILES string of the molecule is CCCNc1cc(NCC2CCN(C)C2)nc(C)n1. The van der Waals surface area contributed by atoms with E-state index in [-0.39, 0.29) is 0 Å². The molecule has 1 aliphatic heterocycles. The maximum atomic E-state index is 4.45. The number of hydrogen-bond donors (Lipinski definition) is 2. The van der Waals surface area contributed by atoms with Crippen molar-refractivity contribution in [2.75, 3.05) is 43.9 Å². The molecule has 1 aromatic rings. The molecule has 5 heteroatoms. The van der Waals surface area contributed by atoms with Crippen LogP contribution >= 0.6 is 0 Å². The molecule has 106 valence electrons. The molecular formula is C14H25N5. The van der Waals surface area contributed by atoms with Crippen LogP contribution in [0.25, 0.3) is 0 Å². The van der Waals surface area contributed by atoms with Gasteiger partial charge in [-0.3, -0.25) is 0 Å². The van der Waals surface area contributed by atoms with Gasteiger partial charge in [-0.1, -0.05) is 6.92 Å². The Labute approximate surface area is 115 Å². The predicted octanol–water partition coefficient (Wildman–Crippen LogP) is 1.97. The van der Waals surface area contributed by atoms with Gasteiger partial charge in [0.05, 0.1) is 0 Å². The Morgan fingerprint density at radius 1 is 1.32 bits per heavy atom. The van der Waals surface area contributed by atoms with Gasteiger partial charge in [0.15, 0.2) is 0 Å². The fraction of sp³-hybridized carbons (Fsp3) is 0.714. The third kappa shape index (κ3) is 4.35. The highest BCUT2D eigenvalue weighted by Crippen LogP contribution is 2.16. The molecular weight excluding hydrogens is 238 g/mol. The Bertz CT molecular complexity index is 407. The summed E-state index contributed by atoms with van der Waals surface area (Å²) >= 11 is 0. The fourth-order valence-electron chi connectivity index (χ4n) is 2.44. The van der Waals surface area contributed by atoms with E-state index in [1.165, 1.54) is 19.5 Å². The zero-order chi connectivity index (χ0) is 13.7. The molecule has 2 N–H and O–H groups in total. The van der Waals surface area contributed by atoms with Crippen molar-refractivity contribution >= 4 is 11.6 Å². The summed E-state index contributed by atoms with van der Waals surface area (Å²) < 4.78 is 0. The van der Waals surface area contributed by atoms with E-state index in [1.807, 2.05) is 13.0 Å². The Balaban J connectivity index is 1.90. The van der Waals surface area contributed by atoms with Crippen molar-refractivity contribution in [3.05, 3.63) is 11.9 Å². The first-order valence-electron chi connectivity index (χ1n) is 7.19. The molecule has 0 radical (unpaired) electrons. The van der Waals surface area contributed by atoms with E-state index in [0.29, 0.717) is 0 Å². The number of hydrogen-bond acceptors (Lipinski definition) is 5. The van der Waals surface area contributed by atoms with E-state index in [1.54, 1.807) is 0 Å². The molecule has 19 heavy (non-hydrogen) atoms. The lowest BCUT2D eigenvalue weighted by molar-refractivity contribution is 0.399. The summed E-state index contributed by atoms with van der Waals surface area (Å²) in [5.41, 5.74) is 0. The molecule has 2 rings (SSSR count). The average molecular weight is 263 g/mol. The third-order valence-corrected chi connectivity index (χ3v) is 3.45. The van der Waals surface area contributed by atoms with Crippen LogP contribution in [0.5, 0.6) is 0 Å². The lowest BCUT2D eigenvalue weighted by Gasteiger charge is -2.13.